The number of halogens is 1. The summed E-state index contributed by atoms with van der Waals surface area (Å²) in [6, 6.07) is 9.97. The standard InChI is InChI=1S/C18H17N5O3S.ClH/c1-20-10-13-8-17(15-4-3-7-21-16(15)9-19)23(12-13)27(24,25)14-5-6-18(26-2)22-11-14;/h3-8,11-12,20H,10H2,1-2H3;1H. The lowest BCUT2D eigenvalue weighted by Gasteiger charge is -2.11. The Morgan fingerprint density at radius 2 is 2.07 bits per heavy atom. The zero-order valence-electron chi connectivity index (χ0n) is 15.2. The fraction of sp³-hybridized carbons (Fsp3) is 0.167. The minimum absolute atomic E-state index is 0. The van der Waals surface area contributed by atoms with Gasteiger partial charge in [-0.05, 0) is 36.9 Å². The quantitative estimate of drug-likeness (QED) is 0.652. The smallest absolute Gasteiger partial charge is 0.269 e. The summed E-state index contributed by atoms with van der Waals surface area (Å²) < 4.78 is 32.5. The molecule has 1 N–H and O–H groups in total. The lowest BCUT2D eigenvalue weighted by molar-refractivity contribution is 0.397. The van der Waals surface area contributed by atoms with Crippen LogP contribution >= 0.6 is 12.4 Å². The summed E-state index contributed by atoms with van der Waals surface area (Å²) in [5, 5.41) is 12.3. The first kappa shape index (κ1) is 21.4. The van der Waals surface area contributed by atoms with Crippen LogP contribution in [0.4, 0.5) is 0 Å². The van der Waals surface area contributed by atoms with Crippen molar-refractivity contribution in [1.82, 2.24) is 19.3 Å². The molecule has 0 aliphatic carbocycles. The molecule has 3 aromatic heterocycles. The molecule has 0 saturated carbocycles. The molecule has 0 aromatic carbocycles. The highest BCUT2D eigenvalue weighted by Crippen LogP contribution is 2.29. The lowest BCUT2D eigenvalue weighted by Crippen LogP contribution is -2.14. The minimum atomic E-state index is -3.93. The molecule has 8 nitrogen and oxygen atoms in total. The molecule has 0 aliphatic rings. The van der Waals surface area contributed by atoms with Crippen molar-refractivity contribution in [3.05, 3.63) is 60.2 Å². The second kappa shape index (κ2) is 8.84. The molecule has 28 heavy (non-hydrogen) atoms. The topological polar surface area (TPSA) is 110 Å². The summed E-state index contributed by atoms with van der Waals surface area (Å²) >= 11 is 0. The molecule has 3 rings (SSSR count). The maximum absolute atomic E-state index is 13.2. The van der Waals surface area contributed by atoms with E-state index >= 15 is 0 Å². The Hall–Kier alpha value is -2.93. The maximum atomic E-state index is 13.2. The van der Waals surface area contributed by atoms with Crippen LogP contribution in [0.2, 0.25) is 0 Å². The second-order valence-electron chi connectivity index (χ2n) is 5.61. The Bertz CT molecular complexity index is 1100. The van der Waals surface area contributed by atoms with Crippen LogP contribution in [0.1, 0.15) is 11.3 Å². The summed E-state index contributed by atoms with van der Waals surface area (Å²) in [6.07, 6.45) is 4.26. The average Bonchev–Trinajstić information content (AvgIpc) is 3.13. The van der Waals surface area contributed by atoms with Crippen LogP contribution in [0.25, 0.3) is 11.3 Å². The van der Waals surface area contributed by atoms with Gasteiger partial charge in [0.25, 0.3) is 10.0 Å². The first-order valence-corrected chi connectivity index (χ1v) is 9.42. The van der Waals surface area contributed by atoms with Crippen LogP contribution in [0.15, 0.2) is 53.8 Å². The molecule has 0 radical (unpaired) electrons. The van der Waals surface area contributed by atoms with E-state index in [-0.39, 0.29) is 23.0 Å². The highest BCUT2D eigenvalue weighted by Gasteiger charge is 2.23. The molecule has 146 valence electrons. The molecule has 0 unspecified atom stereocenters. The van der Waals surface area contributed by atoms with Crippen molar-refractivity contribution in [1.29, 1.82) is 5.26 Å². The predicted molar refractivity (Wildman–Crippen MR) is 106 cm³/mol. The van der Waals surface area contributed by atoms with Gasteiger partial charge in [0.15, 0.2) is 0 Å². The molecular weight excluding hydrogens is 402 g/mol. The molecule has 0 fully saturated rings. The number of aromatic nitrogens is 3. The first-order chi connectivity index (χ1) is 13.0. The molecule has 0 atom stereocenters. The number of rotatable bonds is 6. The van der Waals surface area contributed by atoms with E-state index in [2.05, 4.69) is 15.3 Å². The molecule has 0 saturated heterocycles. The van der Waals surface area contributed by atoms with E-state index in [0.29, 0.717) is 23.7 Å². The van der Waals surface area contributed by atoms with Crippen LogP contribution in [-0.4, -0.2) is 36.5 Å². The fourth-order valence-electron chi connectivity index (χ4n) is 2.65. The zero-order valence-corrected chi connectivity index (χ0v) is 16.8. The third-order valence-corrected chi connectivity index (χ3v) is 5.55. The van der Waals surface area contributed by atoms with Gasteiger partial charge < -0.3 is 10.1 Å². The summed E-state index contributed by atoms with van der Waals surface area (Å²) in [4.78, 5) is 8.02. The van der Waals surface area contributed by atoms with Crippen molar-refractivity contribution in [3.8, 4) is 23.2 Å². The van der Waals surface area contributed by atoms with Gasteiger partial charge in [0.1, 0.15) is 16.7 Å². The largest absolute Gasteiger partial charge is 0.481 e. The third kappa shape index (κ3) is 3.99. The summed E-state index contributed by atoms with van der Waals surface area (Å²) in [7, 11) is -0.709. The molecule has 0 bridgehead atoms. The Morgan fingerprint density at radius 1 is 1.29 bits per heavy atom. The Kier molecular flexibility index (Phi) is 6.75. The summed E-state index contributed by atoms with van der Waals surface area (Å²) in [5.74, 6) is 0.316. The minimum Gasteiger partial charge on any atom is -0.481 e. The molecule has 0 aliphatic heterocycles. The number of ether oxygens (including phenoxy) is 1. The van der Waals surface area contributed by atoms with Gasteiger partial charge in [-0.3, -0.25) is 0 Å². The van der Waals surface area contributed by atoms with Crippen molar-refractivity contribution in [2.24, 2.45) is 0 Å². The molecule has 10 heteroatoms. The Balaban J connectivity index is 0.00000280. The number of nitrogens with zero attached hydrogens (tertiary/aromatic N) is 4. The van der Waals surface area contributed by atoms with Gasteiger partial charge in [-0.2, -0.15) is 5.26 Å². The highest BCUT2D eigenvalue weighted by molar-refractivity contribution is 7.90. The van der Waals surface area contributed by atoms with Crippen molar-refractivity contribution in [2.45, 2.75) is 11.4 Å². The van der Waals surface area contributed by atoms with Crippen LogP contribution in [0, 0.1) is 11.3 Å². The molecular formula is C18H18ClN5O3S. The van der Waals surface area contributed by atoms with Gasteiger partial charge in [-0.25, -0.2) is 22.4 Å². The summed E-state index contributed by atoms with van der Waals surface area (Å²) in [6.45, 7) is 0.471. The van der Waals surface area contributed by atoms with Crippen LogP contribution in [-0.2, 0) is 16.6 Å². The summed E-state index contributed by atoms with van der Waals surface area (Å²) in [5.41, 5.74) is 1.70. The normalized spacial score (nSPS) is 10.8. The van der Waals surface area contributed by atoms with E-state index in [0.717, 1.165) is 9.54 Å². The van der Waals surface area contributed by atoms with Gasteiger partial charge in [0.2, 0.25) is 5.88 Å². The number of pyridine rings is 2. The van der Waals surface area contributed by atoms with Gasteiger partial charge in [0, 0.05) is 30.6 Å². The van der Waals surface area contributed by atoms with Gasteiger partial charge in [-0.15, -0.1) is 12.4 Å². The average molecular weight is 420 g/mol. The van der Waals surface area contributed by atoms with E-state index in [1.807, 2.05) is 6.07 Å². The Labute approximate surface area is 169 Å². The van der Waals surface area contributed by atoms with E-state index < -0.39 is 10.0 Å². The van der Waals surface area contributed by atoms with E-state index in [4.69, 9.17) is 4.74 Å². The predicted octanol–water partition coefficient (Wildman–Crippen LogP) is 2.20. The van der Waals surface area contributed by atoms with Crippen molar-refractivity contribution >= 4 is 22.4 Å². The molecule has 0 spiro atoms. The van der Waals surface area contributed by atoms with Crippen molar-refractivity contribution in [3.63, 3.8) is 0 Å². The lowest BCUT2D eigenvalue weighted by atomic mass is 10.1. The molecule has 3 aromatic rings. The maximum Gasteiger partial charge on any atom is 0.269 e. The number of hydrogen-bond donors (Lipinski definition) is 1. The number of nitriles is 1. The number of nitrogens with one attached hydrogen (secondary N) is 1. The number of hydrogen-bond acceptors (Lipinski definition) is 7. The van der Waals surface area contributed by atoms with Crippen LogP contribution < -0.4 is 10.1 Å². The molecule has 0 amide bonds. The van der Waals surface area contributed by atoms with Gasteiger partial charge in [0.05, 0.1) is 19.0 Å². The zero-order chi connectivity index (χ0) is 19.4. The van der Waals surface area contributed by atoms with E-state index in [9.17, 15) is 13.7 Å². The van der Waals surface area contributed by atoms with Crippen LogP contribution in [0.3, 0.4) is 0 Å². The number of methoxy groups -OCH3 is 1. The Morgan fingerprint density at radius 3 is 2.68 bits per heavy atom. The third-order valence-electron chi connectivity index (χ3n) is 3.89. The van der Waals surface area contributed by atoms with Crippen LogP contribution in [0.5, 0.6) is 5.88 Å². The van der Waals surface area contributed by atoms with Gasteiger partial charge >= 0.3 is 0 Å². The van der Waals surface area contributed by atoms with Crippen molar-refractivity contribution in [2.75, 3.05) is 14.2 Å². The molecule has 3 heterocycles. The first-order valence-electron chi connectivity index (χ1n) is 7.98. The van der Waals surface area contributed by atoms with E-state index in [1.165, 1.54) is 37.8 Å². The SMILES string of the molecule is CNCc1cc(-c2cccnc2C#N)n(S(=O)(=O)c2ccc(OC)nc2)c1.Cl. The van der Waals surface area contributed by atoms with E-state index in [1.54, 1.807) is 25.2 Å². The van der Waals surface area contributed by atoms with Gasteiger partial charge in [-0.1, -0.05) is 0 Å². The monoisotopic (exact) mass is 419 g/mol. The van der Waals surface area contributed by atoms with Crippen molar-refractivity contribution < 1.29 is 13.2 Å². The fourth-order valence-corrected chi connectivity index (χ4v) is 3.98. The second-order valence-corrected chi connectivity index (χ2v) is 7.43. The highest BCUT2D eigenvalue weighted by atomic mass is 35.5.